The Morgan fingerprint density at radius 3 is 2.65 bits per heavy atom. The monoisotopic (exact) mass is 505 g/mol. The third kappa shape index (κ3) is 4.23. The van der Waals surface area contributed by atoms with Crippen LogP contribution in [-0.2, 0) is 26.6 Å². The van der Waals surface area contributed by atoms with Gasteiger partial charge < -0.3 is 9.55 Å². The first-order chi connectivity index (χ1) is 14.9. The Morgan fingerprint density at radius 2 is 1.87 bits per heavy atom. The number of imidazole rings is 1. The van der Waals surface area contributed by atoms with E-state index in [9.17, 15) is 9.59 Å². The minimum absolute atomic E-state index is 0.121. The highest BCUT2D eigenvalue weighted by atomic mass is 79.9. The summed E-state index contributed by atoms with van der Waals surface area (Å²) < 4.78 is 6.08. The highest BCUT2D eigenvalue weighted by molar-refractivity contribution is 9.10. The van der Waals surface area contributed by atoms with Crippen molar-refractivity contribution in [2.24, 2.45) is 7.05 Å². The van der Waals surface area contributed by atoms with Gasteiger partial charge in [-0.25, -0.2) is 4.79 Å². The van der Waals surface area contributed by atoms with Gasteiger partial charge in [0.05, 0.1) is 0 Å². The molecule has 3 heterocycles. The molecule has 0 aliphatic heterocycles. The van der Waals surface area contributed by atoms with Gasteiger partial charge in [0.15, 0.2) is 11.2 Å². The van der Waals surface area contributed by atoms with Crippen molar-refractivity contribution in [1.82, 2.24) is 23.7 Å². The number of rotatable bonds is 8. The van der Waals surface area contributed by atoms with E-state index in [1.807, 2.05) is 13.1 Å². The van der Waals surface area contributed by atoms with Gasteiger partial charge in [-0.2, -0.15) is 4.98 Å². The van der Waals surface area contributed by atoms with E-state index < -0.39 is 0 Å². The molecular formula is C22H25BrClN5O2. The predicted octanol–water partition coefficient (Wildman–Crippen LogP) is 4.62. The quantitative estimate of drug-likeness (QED) is 0.280. The van der Waals surface area contributed by atoms with Crippen molar-refractivity contribution in [3.05, 3.63) is 60.6 Å². The minimum atomic E-state index is -0.368. The smallest absolute Gasteiger partial charge is 0.332 e. The molecule has 0 bridgehead atoms. The van der Waals surface area contributed by atoms with Crippen molar-refractivity contribution in [1.29, 1.82) is 0 Å². The van der Waals surface area contributed by atoms with Crippen molar-refractivity contribution < 1.29 is 0 Å². The standard InChI is InChI=1S/C22H25BrClN5O2/c1-3-4-5-10-28-19-18(25-21(24)26-19)20(30)29(22(28)31)11-6-7-16-13-14-12-15(23)8-9-17(14)27(16)2/h8-9,12-13H,3-7,10-11H2,1-2H3,(H,25,26). The molecule has 1 N–H and O–H groups in total. The van der Waals surface area contributed by atoms with Crippen molar-refractivity contribution >= 4 is 49.6 Å². The van der Waals surface area contributed by atoms with Crippen LogP contribution in [0.15, 0.2) is 38.3 Å². The van der Waals surface area contributed by atoms with Crippen molar-refractivity contribution in [2.45, 2.75) is 52.1 Å². The average Bonchev–Trinajstić information content (AvgIpc) is 3.27. The third-order valence-electron chi connectivity index (χ3n) is 5.74. The summed E-state index contributed by atoms with van der Waals surface area (Å²) in [6.07, 6.45) is 4.32. The molecule has 1 aromatic carbocycles. The highest BCUT2D eigenvalue weighted by Crippen LogP contribution is 2.23. The SMILES string of the molecule is CCCCCn1c(=O)n(CCCc2cc3cc(Br)ccc3n2C)c(=O)c2[nH]c(Cl)nc21. The lowest BCUT2D eigenvalue weighted by molar-refractivity contribution is 0.524. The van der Waals surface area contributed by atoms with Crippen molar-refractivity contribution in [2.75, 3.05) is 0 Å². The Morgan fingerprint density at radius 1 is 1.10 bits per heavy atom. The molecule has 31 heavy (non-hydrogen) atoms. The maximum absolute atomic E-state index is 13.1. The number of nitrogens with zero attached hydrogens (tertiary/aromatic N) is 4. The Labute approximate surface area is 192 Å². The summed E-state index contributed by atoms with van der Waals surface area (Å²) in [4.78, 5) is 33.1. The maximum Gasteiger partial charge on any atom is 0.332 e. The Bertz CT molecular complexity index is 1360. The number of halogens is 2. The molecule has 0 spiro atoms. The molecule has 9 heteroatoms. The van der Waals surface area contributed by atoms with E-state index in [-0.39, 0.29) is 22.0 Å². The fourth-order valence-electron chi connectivity index (χ4n) is 4.09. The molecule has 0 saturated carbocycles. The van der Waals surface area contributed by atoms with Gasteiger partial charge in [0.2, 0.25) is 5.28 Å². The van der Waals surface area contributed by atoms with Crippen LogP contribution >= 0.6 is 27.5 Å². The Hall–Kier alpha value is -2.32. The fourth-order valence-corrected chi connectivity index (χ4v) is 4.65. The predicted molar refractivity (Wildman–Crippen MR) is 128 cm³/mol. The van der Waals surface area contributed by atoms with Crippen LogP contribution in [0.4, 0.5) is 0 Å². The number of nitrogens with one attached hydrogen (secondary N) is 1. The number of aryl methyl sites for hydroxylation is 3. The molecule has 3 aromatic heterocycles. The first-order valence-corrected chi connectivity index (χ1v) is 11.7. The summed E-state index contributed by atoms with van der Waals surface area (Å²) in [7, 11) is 2.04. The van der Waals surface area contributed by atoms with Gasteiger partial charge in [-0.1, -0.05) is 35.7 Å². The largest absolute Gasteiger partial charge is 0.348 e. The van der Waals surface area contributed by atoms with E-state index >= 15 is 0 Å². The number of benzene rings is 1. The molecule has 7 nitrogen and oxygen atoms in total. The average molecular weight is 507 g/mol. The van der Waals surface area contributed by atoms with E-state index in [4.69, 9.17) is 11.6 Å². The summed E-state index contributed by atoms with van der Waals surface area (Å²) in [6.45, 7) is 2.96. The lowest BCUT2D eigenvalue weighted by Crippen LogP contribution is -2.40. The summed E-state index contributed by atoms with van der Waals surface area (Å²) in [5, 5.41) is 1.28. The molecule has 0 atom stereocenters. The number of aromatic nitrogens is 5. The fraction of sp³-hybridized carbons (Fsp3) is 0.409. The number of unbranched alkanes of at least 4 members (excludes halogenated alkanes) is 2. The lowest BCUT2D eigenvalue weighted by atomic mass is 10.2. The molecule has 0 amide bonds. The lowest BCUT2D eigenvalue weighted by Gasteiger charge is -2.11. The zero-order valence-electron chi connectivity index (χ0n) is 17.6. The molecule has 0 unspecified atom stereocenters. The van der Waals surface area contributed by atoms with E-state index in [1.165, 1.54) is 4.57 Å². The highest BCUT2D eigenvalue weighted by Gasteiger charge is 2.17. The normalized spacial score (nSPS) is 11.7. The summed E-state index contributed by atoms with van der Waals surface area (Å²) in [6, 6.07) is 8.35. The molecule has 0 aliphatic carbocycles. The number of hydrogen-bond acceptors (Lipinski definition) is 3. The molecule has 0 aliphatic rings. The van der Waals surface area contributed by atoms with Gasteiger partial charge in [0.25, 0.3) is 5.56 Å². The van der Waals surface area contributed by atoms with Gasteiger partial charge in [-0.15, -0.1) is 0 Å². The third-order valence-corrected chi connectivity index (χ3v) is 6.41. The van der Waals surface area contributed by atoms with E-state index in [1.54, 1.807) is 4.57 Å². The van der Waals surface area contributed by atoms with Crippen LogP contribution in [0.3, 0.4) is 0 Å². The number of fused-ring (bicyclic) bond motifs is 2. The van der Waals surface area contributed by atoms with Crippen LogP contribution in [0, 0.1) is 0 Å². The minimum Gasteiger partial charge on any atom is -0.348 e. The summed E-state index contributed by atoms with van der Waals surface area (Å²) >= 11 is 9.52. The van der Waals surface area contributed by atoms with Gasteiger partial charge >= 0.3 is 5.69 Å². The molecule has 0 fully saturated rings. The zero-order valence-corrected chi connectivity index (χ0v) is 20.0. The van der Waals surface area contributed by atoms with Crippen LogP contribution in [-0.4, -0.2) is 23.7 Å². The summed E-state index contributed by atoms with van der Waals surface area (Å²) in [5.41, 5.74) is 2.25. The second kappa shape index (κ2) is 9.04. The van der Waals surface area contributed by atoms with Crippen LogP contribution in [0.1, 0.15) is 38.3 Å². The van der Waals surface area contributed by atoms with Gasteiger partial charge in [0.1, 0.15) is 0 Å². The van der Waals surface area contributed by atoms with Crippen molar-refractivity contribution in [3.63, 3.8) is 0 Å². The van der Waals surface area contributed by atoms with Crippen LogP contribution in [0.25, 0.3) is 22.1 Å². The van der Waals surface area contributed by atoms with Crippen LogP contribution < -0.4 is 11.2 Å². The first kappa shape index (κ1) is 21.9. The van der Waals surface area contributed by atoms with E-state index in [2.05, 4.69) is 55.6 Å². The van der Waals surface area contributed by atoms with Crippen LogP contribution in [0.5, 0.6) is 0 Å². The topological polar surface area (TPSA) is 77.6 Å². The van der Waals surface area contributed by atoms with Gasteiger partial charge in [-0.05, 0) is 55.1 Å². The Kier molecular flexibility index (Phi) is 6.39. The molecular weight excluding hydrogens is 482 g/mol. The Balaban J connectivity index is 1.62. The molecule has 164 valence electrons. The second-order valence-electron chi connectivity index (χ2n) is 7.83. The van der Waals surface area contributed by atoms with E-state index in [0.717, 1.165) is 46.8 Å². The zero-order chi connectivity index (χ0) is 22.1. The first-order valence-electron chi connectivity index (χ1n) is 10.5. The molecule has 4 rings (SSSR count). The number of H-pyrrole nitrogens is 1. The van der Waals surface area contributed by atoms with Crippen molar-refractivity contribution in [3.8, 4) is 0 Å². The maximum atomic E-state index is 13.1. The van der Waals surface area contributed by atoms with Gasteiger partial charge in [-0.3, -0.25) is 13.9 Å². The number of aromatic amines is 1. The molecule has 0 saturated heterocycles. The number of hydrogen-bond donors (Lipinski definition) is 1. The van der Waals surface area contributed by atoms with E-state index in [0.29, 0.717) is 25.2 Å². The molecule has 0 radical (unpaired) electrons. The second-order valence-corrected chi connectivity index (χ2v) is 9.10. The van der Waals surface area contributed by atoms with Crippen LogP contribution in [0.2, 0.25) is 5.28 Å². The summed E-state index contributed by atoms with van der Waals surface area (Å²) in [5.74, 6) is 0. The molecule has 4 aromatic rings. The van der Waals surface area contributed by atoms with Gasteiger partial charge in [0, 0.05) is 41.2 Å².